The first-order valence-corrected chi connectivity index (χ1v) is 11.6. The highest BCUT2D eigenvalue weighted by molar-refractivity contribution is 6.07. The first-order valence-electron chi connectivity index (χ1n) is 11.6. The van der Waals surface area contributed by atoms with Gasteiger partial charge in [-0.25, -0.2) is 0 Å². The molecule has 40 heavy (non-hydrogen) atoms. The van der Waals surface area contributed by atoms with Crippen molar-refractivity contribution in [2.24, 2.45) is 20.5 Å². The Bertz CT molecular complexity index is 1440. The molecular weight excluding hydrogens is 504 g/mol. The van der Waals surface area contributed by atoms with E-state index in [4.69, 9.17) is 22.1 Å². The minimum absolute atomic E-state index is 1.31. The van der Waals surface area contributed by atoms with Crippen molar-refractivity contribution in [3.05, 3.63) is 151 Å². The van der Waals surface area contributed by atoms with Crippen molar-refractivity contribution in [2.45, 2.75) is 0 Å². The Morgan fingerprint density at radius 1 is 0.350 bits per heavy atom. The normalized spacial score (nSPS) is 8.00. The van der Waals surface area contributed by atoms with Crippen LogP contribution in [0.2, 0.25) is 0 Å². The van der Waals surface area contributed by atoms with Gasteiger partial charge in [-0.2, -0.15) is 0 Å². The summed E-state index contributed by atoms with van der Waals surface area (Å²) in [4.78, 5) is 9.44. The summed E-state index contributed by atoms with van der Waals surface area (Å²) in [6, 6.07) is 38.1. The fourth-order valence-corrected chi connectivity index (χ4v) is 3.09. The van der Waals surface area contributed by atoms with Gasteiger partial charge in [0.05, 0.1) is 0 Å². The minimum atomic E-state index is 1.31. The van der Waals surface area contributed by atoms with E-state index < -0.39 is 0 Å². The summed E-state index contributed by atoms with van der Waals surface area (Å²) in [5.74, 6) is 0. The van der Waals surface area contributed by atoms with Crippen molar-refractivity contribution in [3.63, 3.8) is 0 Å². The standard InChI is InChI=1S/C14H10.C10H8.4CH3N3/c1-3-7-13-11(5-1)9-10-12-6-2-4-8-14(12)13;1-2-6-10-8-4-3-7-9(10)5-1;4*1-3-4-2/h1-10H;1-8H;4*1H3. The van der Waals surface area contributed by atoms with Gasteiger partial charge < -0.3 is 0 Å². The Kier molecular flexibility index (Phi) is 20.1. The van der Waals surface area contributed by atoms with Gasteiger partial charge in [-0.05, 0) is 54.4 Å². The van der Waals surface area contributed by atoms with Gasteiger partial charge in [0.2, 0.25) is 0 Å². The maximum Gasteiger partial charge on any atom is 0.0139 e. The van der Waals surface area contributed by atoms with Gasteiger partial charge in [-0.15, -0.1) is 0 Å². The van der Waals surface area contributed by atoms with Crippen LogP contribution in [0.15, 0.2) is 130 Å². The molecule has 12 heteroatoms. The molecule has 0 saturated carbocycles. The van der Waals surface area contributed by atoms with Crippen LogP contribution in [0.1, 0.15) is 0 Å². The van der Waals surface area contributed by atoms with E-state index in [2.05, 4.69) is 149 Å². The molecular formula is C28H30N12. The zero-order valence-electron chi connectivity index (χ0n) is 22.8. The Labute approximate surface area is 232 Å². The zero-order chi connectivity index (χ0) is 29.8. The topological polar surface area (TPSA) is 195 Å². The van der Waals surface area contributed by atoms with Gasteiger partial charge in [-0.1, -0.05) is 130 Å². The monoisotopic (exact) mass is 534 g/mol. The highest BCUT2D eigenvalue weighted by Gasteiger charge is 1.97. The maximum absolute atomic E-state index is 7.33. The zero-order valence-corrected chi connectivity index (χ0v) is 22.8. The number of azide groups is 4. The van der Waals surface area contributed by atoms with Crippen molar-refractivity contribution in [1.29, 1.82) is 0 Å². The molecule has 5 rings (SSSR count). The fourth-order valence-electron chi connectivity index (χ4n) is 3.09. The molecule has 0 aliphatic rings. The van der Waals surface area contributed by atoms with Crippen molar-refractivity contribution >= 4 is 32.3 Å². The molecule has 0 aromatic heterocycles. The molecule has 202 valence electrons. The second-order valence-corrected chi connectivity index (χ2v) is 7.01. The second-order valence-electron chi connectivity index (χ2n) is 7.01. The van der Waals surface area contributed by atoms with Crippen molar-refractivity contribution < 1.29 is 0 Å². The molecule has 0 radical (unpaired) electrons. The summed E-state index contributed by atoms with van der Waals surface area (Å²) in [7, 11) is 5.56. The third kappa shape index (κ3) is 14.0. The van der Waals surface area contributed by atoms with E-state index in [1.54, 1.807) is 0 Å². The molecule has 0 spiro atoms. The Morgan fingerprint density at radius 3 is 0.775 bits per heavy atom. The lowest BCUT2D eigenvalue weighted by Gasteiger charge is -2.02. The van der Waals surface area contributed by atoms with E-state index in [0.29, 0.717) is 0 Å². The molecule has 0 saturated heterocycles. The molecule has 0 unspecified atom stereocenters. The van der Waals surface area contributed by atoms with E-state index in [9.17, 15) is 0 Å². The summed E-state index contributed by atoms with van der Waals surface area (Å²) in [6.07, 6.45) is 0. The largest absolute Gasteiger partial charge is 0.0973 e. The number of nitrogens with zero attached hydrogens (tertiary/aromatic N) is 12. The molecule has 0 amide bonds. The van der Waals surface area contributed by atoms with Crippen molar-refractivity contribution in [3.8, 4) is 0 Å². The summed E-state index contributed by atoms with van der Waals surface area (Å²) >= 11 is 0. The average Bonchev–Trinajstić information content (AvgIpc) is 3.05. The Morgan fingerprint density at radius 2 is 0.550 bits per heavy atom. The van der Waals surface area contributed by atoms with Crippen LogP contribution in [0, 0.1) is 0 Å². The van der Waals surface area contributed by atoms with Crippen LogP contribution in [0.4, 0.5) is 0 Å². The predicted molar refractivity (Wildman–Crippen MR) is 166 cm³/mol. The molecule has 0 aliphatic carbocycles. The third-order valence-electron chi connectivity index (χ3n) is 4.67. The molecule has 12 nitrogen and oxygen atoms in total. The summed E-state index contributed by atoms with van der Waals surface area (Å²) in [5.41, 5.74) is 29.3. The Balaban J connectivity index is 0.000000513. The lowest BCUT2D eigenvalue weighted by Crippen LogP contribution is -1.75. The van der Waals surface area contributed by atoms with Crippen LogP contribution < -0.4 is 0 Å². The van der Waals surface area contributed by atoms with E-state index >= 15 is 0 Å². The van der Waals surface area contributed by atoms with Crippen molar-refractivity contribution in [2.75, 3.05) is 28.2 Å². The quantitative estimate of drug-likeness (QED) is 0.0788. The molecule has 0 heterocycles. The smallest absolute Gasteiger partial charge is 0.0139 e. The van der Waals surface area contributed by atoms with Gasteiger partial charge >= 0.3 is 0 Å². The summed E-state index contributed by atoms with van der Waals surface area (Å²) in [6.45, 7) is 0. The van der Waals surface area contributed by atoms with Gasteiger partial charge in [0, 0.05) is 47.8 Å². The number of hydrogen-bond acceptors (Lipinski definition) is 4. The minimum Gasteiger partial charge on any atom is -0.0973 e. The van der Waals surface area contributed by atoms with E-state index in [1.807, 2.05) is 0 Å². The summed E-state index contributed by atoms with van der Waals surface area (Å²) < 4.78 is 0. The molecule has 5 aromatic rings. The van der Waals surface area contributed by atoms with Crippen LogP contribution in [0.5, 0.6) is 0 Å². The van der Waals surface area contributed by atoms with Crippen LogP contribution in [-0.2, 0) is 0 Å². The Hall–Kier alpha value is -5.88. The van der Waals surface area contributed by atoms with E-state index in [0.717, 1.165) is 0 Å². The van der Waals surface area contributed by atoms with E-state index in [-0.39, 0.29) is 0 Å². The lowest BCUT2D eigenvalue weighted by atomic mass is 10.0. The molecule has 0 N–H and O–H groups in total. The molecule has 0 aliphatic heterocycles. The number of fused-ring (bicyclic) bond motifs is 4. The number of benzene rings is 5. The molecule has 0 atom stereocenters. The van der Waals surface area contributed by atoms with Gasteiger partial charge in [0.1, 0.15) is 0 Å². The first-order chi connectivity index (χ1) is 19.6. The van der Waals surface area contributed by atoms with Gasteiger partial charge in [0.25, 0.3) is 0 Å². The SMILES string of the molecule is CN=[N+]=[N-].CN=[N+]=[N-].CN=[N+]=[N-].CN=[N+]=[N-].c1ccc2c(c1)ccc1ccccc12.c1ccc2ccccc2c1. The maximum atomic E-state index is 7.33. The van der Waals surface area contributed by atoms with Gasteiger partial charge in [-0.3, -0.25) is 0 Å². The summed E-state index contributed by atoms with van der Waals surface area (Å²) in [5, 5.41) is 19.6. The van der Waals surface area contributed by atoms with Crippen LogP contribution in [0.3, 0.4) is 0 Å². The van der Waals surface area contributed by atoms with Crippen LogP contribution >= 0.6 is 0 Å². The molecule has 5 aromatic carbocycles. The molecule has 0 bridgehead atoms. The second kappa shape index (κ2) is 23.5. The average molecular weight is 535 g/mol. The van der Waals surface area contributed by atoms with Crippen molar-refractivity contribution in [1.82, 2.24) is 0 Å². The predicted octanol–water partition coefficient (Wildman–Crippen LogP) is 10.5. The number of hydrogen-bond donors (Lipinski definition) is 0. The van der Waals surface area contributed by atoms with Crippen LogP contribution in [0.25, 0.3) is 74.1 Å². The molecule has 0 fully saturated rings. The highest BCUT2D eigenvalue weighted by Crippen LogP contribution is 2.24. The van der Waals surface area contributed by atoms with Crippen LogP contribution in [-0.4, -0.2) is 28.2 Å². The van der Waals surface area contributed by atoms with E-state index in [1.165, 1.54) is 60.5 Å². The van der Waals surface area contributed by atoms with Gasteiger partial charge in [0.15, 0.2) is 0 Å². The highest BCUT2D eigenvalue weighted by atomic mass is 15.1. The number of rotatable bonds is 0. The fraction of sp³-hybridized carbons (Fsp3) is 0.143. The lowest BCUT2D eigenvalue weighted by molar-refractivity contribution is 1.40. The first kappa shape index (κ1) is 34.1. The third-order valence-corrected chi connectivity index (χ3v) is 4.67.